The second kappa shape index (κ2) is 7.83. The Labute approximate surface area is 147 Å². The van der Waals surface area contributed by atoms with Crippen molar-refractivity contribution >= 4 is 22.0 Å². The second-order valence-electron chi connectivity index (χ2n) is 6.04. The van der Waals surface area contributed by atoms with Crippen LogP contribution in [0.25, 0.3) is 0 Å². The minimum absolute atomic E-state index is 0.0508. The summed E-state index contributed by atoms with van der Waals surface area (Å²) in [6, 6.07) is 4.95. The molecule has 0 radical (unpaired) electrons. The standard InChI is InChI=1S/C16H23N3O5S/c1-12-3-4-13(2)14(11-12)25(23,24)19-9-7-18(8-10-19)16(22)17-6-5-15(20)21/h3-4,11H,5-10H2,1-2H3,(H,17,22)(H,20,21). The lowest BCUT2D eigenvalue weighted by molar-refractivity contribution is -0.136. The first-order valence-corrected chi connectivity index (χ1v) is 9.48. The first-order valence-electron chi connectivity index (χ1n) is 8.04. The van der Waals surface area contributed by atoms with Crippen LogP contribution in [0.4, 0.5) is 4.79 Å². The molecule has 1 aromatic rings. The van der Waals surface area contributed by atoms with Gasteiger partial charge < -0.3 is 15.3 Å². The van der Waals surface area contributed by atoms with Crippen LogP contribution in [0.1, 0.15) is 17.5 Å². The van der Waals surface area contributed by atoms with Crippen LogP contribution in [0.3, 0.4) is 0 Å². The van der Waals surface area contributed by atoms with Gasteiger partial charge in [-0.15, -0.1) is 0 Å². The number of rotatable bonds is 5. The molecular weight excluding hydrogens is 346 g/mol. The maximum atomic E-state index is 12.8. The number of piperazine rings is 1. The van der Waals surface area contributed by atoms with E-state index in [0.29, 0.717) is 10.5 Å². The van der Waals surface area contributed by atoms with E-state index in [1.807, 2.05) is 13.0 Å². The number of hydrogen-bond acceptors (Lipinski definition) is 4. The molecule has 0 spiro atoms. The number of aryl methyl sites for hydroxylation is 2. The average molecular weight is 369 g/mol. The lowest BCUT2D eigenvalue weighted by atomic mass is 10.2. The maximum absolute atomic E-state index is 12.8. The van der Waals surface area contributed by atoms with Crippen molar-refractivity contribution in [3.8, 4) is 0 Å². The zero-order valence-electron chi connectivity index (χ0n) is 14.4. The summed E-state index contributed by atoms with van der Waals surface area (Å²) in [6.07, 6.45) is -0.146. The highest BCUT2D eigenvalue weighted by atomic mass is 32.2. The van der Waals surface area contributed by atoms with Crippen LogP contribution in [0.2, 0.25) is 0 Å². The Kier molecular flexibility index (Phi) is 6.02. The van der Waals surface area contributed by atoms with Crippen molar-refractivity contribution in [3.05, 3.63) is 29.3 Å². The largest absolute Gasteiger partial charge is 0.481 e. The number of nitrogens with zero attached hydrogens (tertiary/aromatic N) is 2. The summed E-state index contributed by atoms with van der Waals surface area (Å²) in [7, 11) is -3.60. The van der Waals surface area contributed by atoms with Crippen LogP contribution in [-0.4, -0.2) is 67.5 Å². The Morgan fingerprint density at radius 1 is 1.16 bits per heavy atom. The minimum atomic E-state index is -3.60. The van der Waals surface area contributed by atoms with Crippen LogP contribution in [0, 0.1) is 13.8 Å². The molecule has 8 nitrogen and oxygen atoms in total. The van der Waals surface area contributed by atoms with E-state index in [2.05, 4.69) is 5.32 Å². The molecule has 1 aliphatic heterocycles. The highest BCUT2D eigenvalue weighted by molar-refractivity contribution is 7.89. The fraction of sp³-hybridized carbons (Fsp3) is 0.500. The van der Waals surface area contributed by atoms with Gasteiger partial charge in [0.1, 0.15) is 0 Å². The SMILES string of the molecule is Cc1ccc(C)c(S(=O)(=O)N2CCN(C(=O)NCCC(=O)O)CC2)c1. The van der Waals surface area contributed by atoms with Gasteiger partial charge in [0, 0.05) is 32.7 Å². The van der Waals surface area contributed by atoms with Crippen molar-refractivity contribution in [3.63, 3.8) is 0 Å². The van der Waals surface area contributed by atoms with Gasteiger partial charge in [-0.3, -0.25) is 4.79 Å². The summed E-state index contributed by atoms with van der Waals surface area (Å²) in [5.74, 6) is -0.982. The summed E-state index contributed by atoms with van der Waals surface area (Å²) in [5.41, 5.74) is 1.57. The maximum Gasteiger partial charge on any atom is 0.317 e. The number of carboxylic acid groups (broad SMARTS) is 1. The van der Waals surface area contributed by atoms with E-state index in [1.165, 1.54) is 9.21 Å². The molecule has 1 saturated heterocycles. The summed E-state index contributed by atoms with van der Waals surface area (Å²) >= 11 is 0. The smallest absolute Gasteiger partial charge is 0.317 e. The number of carboxylic acids is 1. The van der Waals surface area contributed by atoms with Crippen LogP contribution < -0.4 is 5.32 Å². The molecule has 0 unspecified atom stereocenters. The zero-order chi connectivity index (χ0) is 18.6. The Morgan fingerprint density at radius 3 is 2.40 bits per heavy atom. The van der Waals surface area contributed by atoms with Gasteiger partial charge in [-0.2, -0.15) is 4.31 Å². The quantitative estimate of drug-likeness (QED) is 0.798. The van der Waals surface area contributed by atoms with Gasteiger partial charge in [0.25, 0.3) is 0 Å². The van der Waals surface area contributed by atoms with Gasteiger partial charge in [-0.1, -0.05) is 12.1 Å². The second-order valence-corrected chi connectivity index (χ2v) is 7.94. The molecule has 0 saturated carbocycles. The fourth-order valence-corrected chi connectivity index (χ4v) is 4.38. The molecule has 25 heavy (non-hydrogen) atoms. The fourth-order valence-electron chi connectivity index (χ4n) is 2.64. The number of carbonyl (C=O) groups is 2. The molecule has 1 heterocycles. The molecule has 2 rings (SSSR count). The molecule has 2 amide bonds. The third-order valence-corrected chi connectivity index (χ3v) is 6.14. The van der Waals surface area contributed by atoms with Crippen LogP contribution in [0.15, 0.2) is 23.1 Å². The van der Waals surface area contributed by atoms with Crippen LogP contribution in [-0.2, 0) is 14.8 Å². The monoisotopic (exact) mass is 369 g/mol. The zero-order valence-corrected chi connectivity index (χ0v) is 15.2. The number of carbonyl (C=O) groups excluding carboxylic acids is 1. The number of amides is 2. The third kappa shape index (κ3) is 4.70. The molecule has 0 atom stereocenters. The van der Waals surface area contributed by atoms with E-state index in [1.54, 1.807) is 19.1 Å². The van der Waals surface area contributed by atoms with Crippen molar-refractivity contribution in [2.45, 2.75) is 25.2 Å². The Hall–Kier alpha value is -2.13. The molecule has 1 aliphatic rings. The molecule has 0 aromatic heterocycles. The molecule has 2 N–H and O–H groups in total. The third-order valence-electron chi connectivity index (χ3n) is 4.10. The van der Waals surface area contributed by atoms with E-state index in [0.717, 1.165) is 5.56 Å². The lowest BCUT2D eigenvalue weighted by Crippen LogP contribution is -2.53. The summed E-state index contributed by atoms with van der Waals surface area (Å²) in [5, 5.41) is 11.1. The van der Waals surface area contributed by atoms with E-state index in [-0.39, 0.29) is 45.2 Å². The van der Waals surface area contributed by atoms with Gasteiger partial charge in [0.05, 0.1) is 11.3 Å². The lowest BCUT2D eigenvalue weighted by Gasteiger charge is -2.34. The molecule has 1 fully saturated rings. The number of aliphatic carboxylic acids is 1. The van der Waals surface area contributed by atoms with Gasteiger partial charge >= 0.3 is 12.0 Å². The number of sulfonamides is 1. The average Bonchev–Trinajstić information content (AvgIpc) is 2.56. The molecule has 0 bridgehead atoms. The number of benzene rings is 1. The van der Waals surface area contributed by atoms with Gasteiger partial charge in [0.2, 0.25) is 10.0 Å². The topological polar surface area (TPSA) is 107 Å². The van der Waals surface area contributed by atoms with Crippen molar-refractivity contribution in [2.24, 2.45) is 0 Å². The van der Waals surface area contributed by atoms with Gasteiger partial charge in [0.15, 0.2) is 0 Å². The molecule has 138 valence electrons. The minimum Gasteiger partial charge on any atom is -0.481 e. The highest BCUT2D eigenvalue weighted by Crippen LogP contribution is 2.22. The Morgan fingerprint density at radius 2 is 1.80 bits per heavy atom. The highest BCUT2D eigenvalue weighted by Gasteiger charge is 2.31. The van der Waals surface area contributed by atoms with Crippen molar-refractivity contribution in [2.75, 3.05) is 32.7 Å². The summed E-state index contributed by atoms with van der Waals surface area (Å²) in [6.45, 7) is 4.61. The number of nitrogens with one attached hydrogen (secondary N) is 1. The van der Waals surface area contributed by atoms with E-state index in [4.69, 9.17) is 5.11 Å². The Bertz CT molecular complexity index is 755. The van der Waals surface area contributed by atoms with Crippen LogP contribution in [0.5, 0.6) is 0 Å². The molecule has 1 aromatic carbocycles. The normalized spacial score (nSPS) is 15.8. The number of urea groups is 1. The molecule has 0 aliphatic carbocycles. The van der Waals surface area contributed by atoms with Gasteiger partial charge in [-0.25, -0.2) is 13.2 Å². The van der Waals surface area contributed by atoms with E-state index < -0.39 is 16.0 Å². The number of hydrogen-bond donors (Lipinski definition) is 2. The van der Waals surface area contributed by atoms with Crippen molar-refractivity contribution in [1.82, 2.24) is 14.5 Å². The van der Waals surface area contributed by atoms with Gasteiger partial charge in [-0.05, 0) is 31.0 Å². The first kappa shape index (κ1) is 19.2. The van der Waals surface area contributed by atoms with E-state index >= 15 is 0 Å². The van der Waals surface area contributed by atoms with E-state index in [9.17, 15) is 18.0 Å². The molecular formula is C16H23N3O5S. The first-order chi connectivity index (χ1) is 11.7. The summed E-state index contributed by atoms with van der Waals surface area (Å²) in [4.78, 5) is 24.2. The predicted molar refractivity (Wildman–Crippen MR) is 91.9 cm³/mol. The summed E-state index contributed by atoms with van der Waals surface area (Å²) < 4.78 is 27.0. The Balaban J connectivity index is 1.98. The van der Waals surface area contributed by atoms with Crippen molar-refractivity contribution in [1.29, 1.82) is 0 Å². The van der Waals surface area contributed by atoms with Crippen molar-refractivity contribution < 1.29 is 23.1 Å². The molecule has 9 heteroatoms. The van der Waals surface area contributed by atoms with Crippen LogP contribution >= 0.6 is 0 Å². The predicted octanol–water partition coefficient (Wildman–Crippen LogP) is 0.794.